The predicted octanol–water partition coefficient (Wildman–Crippen LogP) is 3.36. The number of rotatable bonds is 5. The molecule has 9 nitrogen and oxygen atoms in total. The van der Waals surface area contributed by atoms with E-state index in [0.717, 1.165) is 12.1 Å². The second-order valence-electron chi connectivity index (χ2n) is 8.65. The maximum atomic E-state index is 13.4. The van der Waals surface area contributed by atoms with E-state index in [1.807, 2.05) is 0 Å². The highest BCUT2D eigenvalue weighted by Gasteiger charge is 2.36. The van der Waals surface area contributed by atoms with Crippen LogP contribution >= 0.6 is 11.6 Å². The number of halogens is 4. The Balaban J connectivity index is 1.80. The lowest BCUT2D eigenvalue weighted by Crippen LogP contribution is -2.53. The lowest BCUT2D eigenvalue weighted by molar-refractivity contribution is -0.137. The molecule has 196 valence electrons. The third-order valence-electron chi connectivity index (χ3n) is 5.94. The number of aromatic nitrogens is 3. The van der Waals surface area contributed by atoms with E-state index in [-0.39, 0.29) is 50.4 Å². The quantitative estimate of drug-likeness (QED) is 0.382. The van der Waals surface area contributed by atoms with Gasteiger partial charge in [0.25, 0.3) is 11.8 Å². The molecular weight excluding hydrogens is 547 g/mol. The third-order valence-corrected chi connectivity index (χ3v) is 8.09. The topological polar surface area (TPSA) is 137 Å². The van der Waals surface area contributed by atoms with Crippen LogP contribution in [0.5, 0.6) is 0 Å². The Hall–Kier alpha value is -3.97. The average Bonchev–Trinajstić information content (AvgIpc) is 3.26. The van der Waals surface area contributed by atoms with E-state index in [9.17, 15) is 31.2 Å². The van der Waals surface area contributed by atoms with E-state index in [4.69, 9.17) is 17.3 Å². The van der Waals surface area contributed by atoms with E-state index in [0.29, 0.717) is 5.56 Å². The number of nitrogens with one attached hydrogen (secondary N) is 1. The summed E-state index contributed by atoms with van der Waals surface area (Å²) in [6.45, 7) is 0. The SMILES string of the molecule is NC(=O)c1cc2nc(C(=O)NC3CS(=O)(=O)C3)c(-c3ccccc3Cl)c(-c3ccc(C(F)(F)F)cc3)n2n1. The molecule has 3 heterocycles. The van der Waals surface area contributed by atoms with Crippen LogP contribution in [-0.2, 0) is 16.0 Å². The minimum absolute atomic E-state index is 0.0101. The number of sulfone groups is 1. The number of primary amides is 1. The smallest absolute Gasteiger partial charge is 0.364 e. The van der Waals surface area contributed by atoms with Crippen LogP contribution in [0, 0.1) is 0 Å². The van der Waals surface area contributed by atoms with E-state index in [2.05, 4.69) is 15.4 Å². The lowest BCUT2D eigenvalue weighted by Gasteiger charge is -2.27. The van der Waals surface area contributed by atoms with Crippen molar-refractivity contribution in [1.82, 2.24) is 19.9 Å². The fourth-order valence-electron chi connectivity index (χ4n) is 4.19. The molecule has 1 saturated heterocycles. The number of amides is 2. The fourth-order valence-corrected chi connectivity index (χ4v) is 5.72. The van der Waals surface area contributed by atoms with Crippen LogP contribution in [0.15, 0.2) is 54.6 Å². The first-order valence-corrected chi connectivity index (χ1v) is 13.2. The van der Waals surface area contributed by atoms with Crippen molar-refractivity contribution in [2.75, 3.05) is 11.5 Å². The highest BCUT2D eigenvalue weighted by molar-refractivity contribution is 7.92. The number of nitrogens with zero attached hydrogens (tertiary/aromatic N) is 3. The molecule has 2 amide bonds. The van der Waals surface area contributed by atoms with Crippen LogP contribution in [0.2, 0.25) is 5.02 Å². The molecule has 0 saturated carbocycles. The number of carbonyl (C=O) groups is 2. The first-order valence-electron chi connectivity index (χ1n) is 11.0. The second-order valence-corrected chi connectivity index (χ2v) is 11.2. The zero-order valence-corrected chi connectivity index (χ0v) is 20.7. The largest absolute Gasteiger partial charge is 0.416 e. The van der Waals surface area contributed by atoms with Gasteiger partial charge in [0.2, 0.25) is 0 Å². The van der Waals surface area contributed by atoms with Crippen LogP contribution in [0.4, 0.5) is 13.2 Å². The molecule has 2 aromatic carbocycles. The highest BCUT2D eigenvalue weighted by atomic mass is 35.5. The first kappa shape index (κ1) is 25.7. The maximum Gasteiger partial charge on any atom is 0.416 e. The van der Waals surface area contributed by atoms with Crippen molar-refractivity contribution in [3.05, 3.63) is 76.6 Å². The molecule has 0 atom stereocenters. The number of alkyl halides is 3. The van der Waals surface area contributed by atoms with Gasteiger partial charge >= 0.3 is 6.18 Å². The summed E-state index contributed by atoms with van der Waals surface area (Å²) in [4.78, 5) is 29.7. The summed E-state index contributed by atoms with van der Waals surface area (Å²) in [6.07, 6.45) is -4.59. The van der Waals surface area contributed by atoms with Crippen LogP contribution in [0.3, 0.4) is 0 Å². The molecule has 0 radical (unpaired) electrons. The predicted molar refractivity (Wildman–Crippen MR) is 132 cm³/mol. The van der Waals surface area contributed by atoms with Crippen LogP contribution in [0.1, 0.15) is 26.5 Å². The number of hydrogen-bond donors (Lipinski definition) is 2. The van der Waals surface area contributed by atoms with Crippen molar-refractivity contribution >= 4 is 38.9 Å². The molecule has 1 aliphatic heterocycles. The Morgan fingerprint density at radius 1 is 1.08 bits per heavy atom. The number of nitrogens with two attached hydrogens (primary N) is 1. The van der Waals surface area contributed by atoms with Crippen molar-refractivity contribution in [2.24, 2.45) is 5.73 Å². The number of fused-ring (bicyclic) bond motifs is 1. The first-order chi connectivity index (χ1) is 17.8. The van der Waals surface area contributed by atoms with Gasteiger partial charge in [-0.15, -0.1) is 0 Å². The molecule has 5 rings (SSSR count). The highest BCUT2D eigenvalue weighted by Crippen LogP contribution is 2.39. The molecule has 4 aromatic rings. The molecule has 0 unspecified atom stereocenters. The van der Waals surface area contributed by atoms with Gasteiger partial charge in [-0.2, -0.15) is 18.3 Å². The molecule has 14 heteroatoms. The molecule has 0 aliphatic carbocycles. The zero-order chi connectivity index (χ0) is 27.4. The standard InChI is InChI=1S/C24H17ClF3N5O4S/c25-16-4-2-1-3-15(16)19-20(23(35)30-14-10-38(36,37)11-14)31-18-9-17(22(29)34)32-33(18)21(19)12-5-7-13(8-6-12)24(26,27)28/h1-9,14H,10-11H2,(H2,29,34)(H,30,35). The third kappa shape index (κ3) is 4.70. The number of hydrogen-bond acceptors (Lipinski definition) is 6. The lowest BCUT2D eigenvalue weighted by atomic mass is 9.96. The van der Waals surface area contributed by atoms with Gasteiger partial charge in [0.15, 0.2) is 21.2 Å². The summed E-state index contributed by atoms with van der Waals surface area (Å²) in [6, 6.07) is 11.1. The molecule has 3 N–H and O–H groups in total. The van der Waals surface area contributed by atoms with Crippen molar-refractivity contribution in [3.63, 3.8) is 0 Å². The van der Waals surface area contributed by atoms with Gasteiger partial charge in [-0.3, -0.25) is 9.59 Å². The summed E-state index contributed by atoms with van der Waals surface area (Å²) in [5.41, 5.74) is 4.87. The van der Waals surface area contributed by atoms with Gasteiger partial charge in [0.05, 0.1) is 28.8 Å². The van der Waals surface area contributed by atoms with Crippen molar-refractivity contribution < 1.29 is 31.2 Å². The summed E-state index contributed by atoms with van der Waals surface area (Å²) in [5.74, 6) is -2.12. The van der Waals surface area contributed by atoms with E-state index in [1.54, 1.807) is 24.3 Å². The molecular formula is C24H17ClF3N5O4S. The summed E-state index contributed by atoms with van der Waals surface area (Å²) in [5, 5.41) is 7.01. The second kappa shape index (κ2) is 9.10. The number of carbonyl (C=O) groups excluding carboxylic acids is 2. The van der Waals surface area contributed by atoms with Crippen molar-refractivity contribution in [1.29, 1.82) is 0 Å². The van der Waals surface area contributed by atoms with Crippen molar-refractivity contribution in [3.8, 4) is 22.4 Å². The Labute approximate surface area is 218 Å². The molecule has 1 aliphatic rings. The Bertz CT molecular complexity index is 1710. The minimum Gasteiger partial charge on any atom is -0.364 e. The fraction of sp³-hybridized carbons (Fsp3) is 0.167. The Kier molecular flexibility index (Phi) is 6.15. The van der Waals surface area contributed by atoms with Crippen LogP contribution in [0.25, 0.3) is 28.0 Å². The van der Waals surface area contributed by atoms with Gasteiger partial charge < -0.3 is 11.1 Å². The van der Waals surface area contributed by atoms with E-state index in [1.165, 1.54) is 22.7 Å². The van der Waals surface area contributed by atoms with Gasteiger partial charge in [-0.25, -0.2) is 17.9 Å². The molecule has 0 bridgehead atoms. The van der Waals surface area contributed by atoms with Gasteiger partial charge in [0, 0.05) is 27.8 Å². The summed E-state index contributed by atoms with van der Waals surface area (Å²) < 4.78 is 64.2. The maximum absolute atomic E-state index is 13.4. The Morgan fingerprint density at radius 2 is 1.74 bits per heavy atom. The average molecular weight is 564 g/mol. The van der Waals surface area contributed by atoms with Crippen LogP contribution in [-0.4, -0.2) is 52.4 Å². The number of benzene rings is 2. The zero-order valence-electron chi connectivity index (χ0n) is 19.2. The van der Waals surface area contributed by atoms with Crippen LogP contribution < -0.4 is 11.1 Å². The van der Waals surface area contributed by atoms with Crippen molar-refractivity contribution in [2.45, 2.75) is 12.2 Å². The summed E-state index contributed by atoms with van der Waals surface area (Å²) >= 11 is 6.48. The molecule has 38 heavy (non-hydrogen) atoms. The minimum atomic E-state index is -4.59. The summed E-state index contributed by atoms with van der Waals surface area (Å²) in [7, 11) is -3.25. The Morgan fingerprint density at radius 3 is 2.32 bits per heavy atom. The van der Waals surface area contributed by atoms with Gasteiger partial charge in [-0.1, -0.05) is 41.9 Å². The monoisotopic (exact) mass is 563 g/mol. The normalized spacial score (nSPS) is 15.3. The van der Waals surface area contributed by atoms with E-state index < -0.39 is 39.4 Å². The molecule has 2 aromatic heterocycles. The van der Waals surface area contributed by atoms with Gasteiger partial charge in [-0.05, 0) is 18.2 Å². The molecule has 1 fully saturated rings. The van der Waals surface area contributed by atoms with Gasteiger partial charge in [0.1, 0.15) is 5.69 Å². The van der Waals surface area contributed by atoms with E-state index >= 15 is 0 Å². The molecule has 0 spiro atoms.